The maximum Gasteiger partial charge on any atom is 0.0447 e. The highest BCUT2D eigenvalue weighted by atomic mass is 14.7. The van der Waals surface area contributed by atoms with Crippen molar-refractivity contribution in [2.45, 2.75) is 12.8 Å². The highest BCUT2D eigenvalue weighted by Crippen LogP contribution is 2.22. The molecule has 0 bridgehead atoms. The van der Waals surface area contributed by atoms with Gasteiger partial charge in [0.05, 0.1) is 0 Å². The van der Waals surface area contributed by atoms with Gasteiger partial charge in [-0.3, -0.25) is 9.97 Å². The molecule has 5 aromatic rings. The third-order valence-corrected chi connectivity index (χ3v) is 5.73. The van der Waals surface area contributed by atoms with Crippen molar-refractivity contribution in [2.75, 3.05) is 0 Å². The van der Waals surface area contributed by atoms with Gasteiger partial charge in [0, 0.05) is 47.8 Å². The predicted octanol–water partition coefficient (Wildman–Crippen LogP) is 6.99. The minimum absolute atomic E-state index is 0.813. The zero-order valence-corrected chi connectivity index (χ0v) is 17.9. The van der Waals surface area contributed by atoms with Crippen molar-refractivity contribution >= 4 is 0 Å². The van der Waals surface area contributed by atoms with Crippen molar-refractivity contribution in [3.63, 3.8) is 0 Å². The summed E-state index contributed by atoms with van der Waals surface area (Å²) in [6.45, 7) is 0. The molecule has 0 atom stereocenters. The van der Waals surface area contributed by atoms with Crippen LogP contribution in [0.5, 0.6) is 0 Å². The van der Waals surface area contributed by atoms with E-state index in [1.807, 2.05) is 24.5 Å². The summed E-state index contributed by atoms with van der Waals surface area (Å²) in [6.07, 6.45) is 5.56. The van der Waals surface area contributed by atoms with Crippen LogP contribution in [0.3, 0.4) is 0 Å². The average Bonchev–Trinajstić information content (AvgIpc) is 2.87. The number of rotatable bonds is 6. The Hall–Kier alpha value is -4.04. The Morgan fingerprint density at radius 3 is 1.16 bits per heavy atom. The Balaban J connectivity index is 1.32. The Morgan fingerprint density at radius 2 is 0.781 bits per heavy atom. The van der Waals surface area contributed by atoms with Crippen molar-refractivity contribution in [1.29, 1.82) is 0 Å². The van der Waals surface area contributed by atoms with Crippen LogP contribution in [0.25, 0.3) is 22.3 Å². The van der Waals surface area contributed by atoms with Gasteiger partial charge in [0.25, 0.3) is 0 Å². The second kappa shape index (κ2) is 9.40. The zero-order chi connectivity index (χ0) is 21.6. The monoisotopic (exact) mass is 412 g/mol. The average molecular weight is 413 g/mol. The van der Waals surface area contributed by atoms with E-state index in [0.717, 1.165) is 35.4 Å². The van der Waals surface area contributed by atoms with E-state index in [-0.39, 0.29) is 0 Å². The minimum atomic E-state index is 0.813. The van der Waals surface area contributed by atoms with E-state index in [1.54, 1.807) is 0 Å². The van der Waals surface area contributed by atoms with Gasteiger partial charge in [0.2, 0.25) is 0 Å². The van der Waals surface area contributed by atoms with Crippen molar-refractivity contribution < 1.29 is 0 Å². The number of aromatic nitrogens is 2. The Bertz CT molecular complexity index is 1170. The van der Waals surface area contributed by atoms with Crippen LogP contribution in [0.1, 0.15) is 22.5 Å². The minimum Gasteiger partial charge on any atom is -0.260 e. The summed E-state index contributed by atoms with van der Waals surface area (Å²) in [5, 5.41) is 0. The molecule has 0 radical (unpaired) electrons. The van der Waals surface area contributed by atoms with Crippen LogP contribution in [0.2, 0.25) is 0 Å². The molecule has 2 heteroatoms. The van der Waals surface area contributed by atoms with Crippen molar-refractivity contribution in [3.05, 3.63) is 144 Å². The number of nitrogens with zero attached hydrogens (tertiary/aromatic N) is 2. The molecule has 154 valence electrons. The standard InChI is InChI=1S/C30H24N2/c1-3-9-23(10-4-1)27-15-17-29(31-21-27)19-25-13-7-8-14-26(25)20-30-18-16-28(22-32-30)24-11-5-2-6-12-24/h1-18,21-22H,19-20H2. The number of benzene rings is 3. The van der Waals surface area contributed by atoms with Crippen molar-refractivity contribution in [2.24, 2.45) is 0 Å². The highest BCUT2D eigenvalue weighted by molar-refractivity contribution is 5.63. The first-order valence-electron chi connectivity index (χ1n) is 10.9. The van der Waals surface area contributed by atoms with Gasteiger partial charge in [0.15, 0.2) is 0 Å². The summed E-state index contributed by atoms with van der Waals surface area (Å²) in [5.74, 6) is 0. The quantitative estimate of drug-likeness (QED) is 0.300. The number of pyridine rings is 2. The van der Waals surface area contributed by atoms with Gasteiger partial charge >= 0.3 is 0 Å². The lowest BCUT2D eigenvalue weighted by Gasteiger charge is -2.10. The van der Waals surface area contributed by atoms with Crippen molar-refractivity contribution in [1.82, 2.24) is 9.97 Å². The molecule has 0 saturated carbocycles. The molecule has 0 unspecified atom stereocenters. The largest absolute Gasteiger partial charge is 0.260 e. The second-order valence-corrected chi connectivity index (χ2v) is 7.93. The molecular weight excluding hydrogens is 388 g/mol. The second-order valence-electron chi connectivity index (χ2n) is 7.93. The van der Waals surface area contributed by atoms with E-state index >= 15 is 0 Å². The Morgan fingerprint density at radius 1 is 0.375 bits per heavy atom. The topological polar surface area (TPSA) is 25.8 Å². The zero-order valence-electron chi connectivity index (χ0n) is 17.9. The molecule has 0 aliphatic heterocycles. The normalized spacial score (nSPS) is 10.8. The maximum absolute atomic E-state index is 4.73. The van der Waals surface area contributed by atoms with E-state index in [4.69, 9.17) is 9.97 Å². The van der Waals surface area contributed by atoms with Crippen LogP contribution in [-0.4, -0.2) is 9.97 Å². The predicted molar refractivity (Wildman–Crippen MR) is 131 cm³/mol. The van der Waals surface area contributed by atoms with E-state index in [9.17, 15) is 0 Å². The molecule has 3 aromatic carbocycles. The molecule has 0 N–H and O–H groups in total. The van der Waals surface area contributed by atoms with Crippen molar-refractivity contribution in [3.8, 4) is 22.3 Å². The molecule has 2 aromatic heterocycles. The number of hydrogen-bond donors (Lipinski definition) is 0. The fourth-order valence-corrected chi connectivity index (χ4v) is 3.95. The summed E-state index contributed by atoms with van der Waals surface area (Å²) < 4.78 is 0. The molecule has 0 amide bonds. The van der Waals surface area contributed by atoms with Crippen LogP contribution >= 0.6 is 0 Å². The third-order valence-electron chi connectivity index (χ3n) is 5.73. The van der Waals surface area contributed by atoms with E-state index < -0.39 is 0 Å². The summed E-state index contributed by atoms with van der Waals surface area (Å²) in [5.41, 5.74) is 9.40. The molecular formula is C30H24N2. The summed E-state index contributed by atoms with van der Waals surface area (Å²) in [7, 11) is 0. The van der Waals surface area contributed by atoms with Gasteiger partial charge in [-0.05, 0) is 34.4 Å². The molecule has 0 aliphatic carbocycles. The van der Waals surface area contributed by atoms with Crippen LogP contribution in [0, 0.1) is 0 Å². The molecule has 2 heterocycles. The molecule has 2 nitrogen and oxygen atoms in total. The van der Waals surface area contributed by atoms with Gasteiger partial charge in [-0.2, -0.15) is 0 Å². The third kappa shape index (κ3) is 4.65. The lowest BCUT2D eigenvalue weighted by Crippen LogP contribution is -2.00. The van der Waals surface area contributed by atoms with Crippen LogP contribution in [0.4, 0.5) is 0 Å². The molecule has 0 fully saturated rings. The first-order chi connectivity index (χ1) is 15.8. The highest BCUT2D eigenvalue weighted by Gasteiger charge is 2.07. The first-order valence-corrected chi connectivity index (χ1v) is 10.9. The van der Waals surface area contributed by atoms with Crippen LogP contribution in [-0.2, 0) is 12.8 Å². The Kier molecular flexibility index (Phi) is 5.85. The van der Waals surface area contributed by atoms with E-state index in [0.29, 0.717) is 0 Å². The molecule has 0 spiro atoms. The molecule has 5 rings (SSSR count). The molecule has 0 aliphatic rings. The lowest BCUT2D eigenvalue weighted by molar-refractivity contribution is 1.01. The fourth-order valence-electron chi connectivity index (χ4n) is 3.95. The fraction of sp³-hybridized carbons (Fsp3) is 0.0667. The SMILES string of the molecule is c1ccc(-c2ccc(Cc3ccccc3Cc3ccc(-c4ccccc4)cn3)nc2)cc1. The Labute approximate surface area is 189 Å². The van der Waals surface area contributed by atoms with E-state index in [1.165, 1.54) is 22.3 Å². The molecule has 32 heavy (non-hydrogen) atoms. The summed E-state index contributed by atoms with van der Waals surface area (Å²) in [4.78, 5) is 9.46. The van der Waals surface area contributed by atoms with Gasteiger partial charge in [-0.15, -0.1) is 0 Å². The van der Waals surface area contributed by atoms with Crippen LogP contribution < -0.4 is 0 Å². The summed E-state index contributed by atoms with van der Waals surface area (Å²) >= 11 is 0. The summed E-state index contributed by atoms with van der Waals surface area (Å²) in [6, 6.07) is 37.9. The van der Waals surface area contributed by atoms with Gasteiger partial charge in [-0.1, -0.05) is 97.1 Å². The van der Waals surface area contributed by atoms with Gasteiger partial charge in [-0.25, -0.2) is 0 Å². The van der Waals surface area contributed by atoms with Gasteiger partial charge < -0.3 is 0 Å². The maximum atomic E-state index is 4.73. The number of hydrogen-bond acceptors (Lipinski definition) is 2. The molecule has 0 saturated heterocycles. The smallest absolute Gasteiger partial charge is 0.0447 e. The van der Waals surface area contributed by atoms with Crippen LogP contribution in [0.15, 0.2) is 122 Å². The van der Waals surface area contributed by atoms with E-state index in [2.05, 4.69) is 97.1 Å². The van der Waals surface area contributed by atoms with Gasteiger partial charge in [0.1, 0.15) is 0 Å². The first kappa shape index (κ1) is 19.9. The lowest BCUT2D eigenvalue weighted by atomic mass is 9.98.